The molecule has 6 nitrogen and oxygen atoms in total. The van der Waals surface area contributed by atoms with Gasteiger partial charge >= 0.3 is 0 Å². The number of rotatable bonds is 5. The zero-order valence-electron chi connectivity index (χ0n) is 14.1. The number of thioether (sulfide) groups is 1. The first kappa shape index (κ1) is 16.9. The second-order valence-electron chi connectivity index (χ2n) is 5.90. The number of ether oxygens (including phenoxy) is 4. The van der Waals surface area contributed by atoms with Crippen molar-refractivity contribution in [3.63, 3.8) is 0 Å². The van der Waals surface area contributed by atoms with Gasteiger partial charge in [-0.15, -0.1) is 11.8 Å². The minimum atomic E-state index is -0.187. The molecule has 26 heavy (non-hydrogen) atoms. The van der Waals surface area contributed by atoms with E-state index in [1.807, 2.05) is 42.5 Å². The van der Waals surface area contributed by atoms with Crippen molar-refractivity contribution < 1.29 is 23.7 Å². The molecule has 2 aromatic rings. The van der Waals surface area contributed by atoms with Crippen molar-refractivity contribution >= 4 is 17.7 Å². The van der Waals surface area contributed by atoms with Crippen LogP contribution in [0.15, 0.2) is 47.4 Å². The Kier molecular flexibility index (Phi) is 5.06. The van der Waals surface area contributed by atoms with Gasteiger partial charge < -0.3 is 24.3 Å². The van der Waals surface area contributed by atoms with E-state index in [4.69, 9.17) is 18.9 Å². The van der Waals surface area contributed by atoms with Crippen molar-refractivity contribution in [1.82, 2.24) is 5.32 Å². The summed E-state index contributed by atoms with van der Waals surface area (Å²) in [7, 11) is 0. The fourth-order valence-corrected chi connectivity index (χ4v) is 3.46. The first-order valence-electron chi connectivity index (χ1n) is 8.45. The van der Waals surface area contributed by atoms with E-state index < -0.39 is 0 Å². The highest BCUT2D eigenvalue weighted by molar-refractivity contribution is 8.00. The molecule has 0 bridgehead atoms. The molecule has 2 aliphatic rings. The van der Waals surface area contributed by atoms with Crippen LogP contribution in [-0.2, 0) is 4.79 Å². The molecule has 0 spiro atoms. The second-order valence-corrected chi connectivity index (χ2v) is 6.94. The summed E-state index contributed by atoms with van der Waals surface area (Å²) < 4.78 is 22.5. The number of nitrogens with one attached hydrogen (secondary N) is 1. The highest BCUT2D eigenvalue weighted by Crippen LogP contribution is 2.34. The van der Waals surface area contributed by atoms with Crippen molar-refractivity contribution in [2.75, 3.05) is 32.1 Å². The van der Waals surface area contributed by atoms with Gasteiger partial charge in [0.05, 0.1) is 12.3 Å². The Labute approximate surface area is 155 Å². The van der Waals surface area contributed by atoms with Crippen LogP contribution in [0.2, 0.25) is 0 Å². The molecule has 0 aliphatic carbocycles. The number of fused-ring (bicyclic) bond motifs is 2. The van der Waals surface area contributed by atoms with Crippen LogP contribution < -0.4 is 24.3 Å². The molecule has 1 atom stereocenters. The fourth-order valence-electron chi connectivity index (χ4n) is 2.70. The number of carbonyl (C=O) groups excluding carboxylic acids is 1. The maximum absolute atomic E-state index is 12.1. The van der Waals surface area contributed by atoms with E-state index in [0.29, 0.717) is 37.9 Å². The topological polar surface area (TPSA) is 66.0 Å². The third-order valence-corrected chi connectivity index (χ3v) is 4.97. The van der Waals surface area contributed by atoms with Crippen LogP contribution in [-0.4, -0.2) is 44.1 Å². The van der Waals surface area contributed by atoms with Crippen LogP contribution in [0, 0.1) is 0 Å². The maximum atomic E-state index is 12.1. The molecule has 0 saturated heterocycles. The van der Waals surface area contributed by atoms with Gasteiger partial charge in [-0.25, -0.2) is 0 Å². The number of para-hydroxylation sites is 2. The van der Waals surface area contributed by atoms with Gasteiger partial charge in [0.2, 0.25) is 5.91 Å². The average molecular weight is 373 g/mol. The van der Waals surface area contributed by atoms with Gasteiger partial charge in [-0.2, -0.15) is 0 Å². The Bertz CT molecular complexity index is 797. The van der Waals surface area contributed by atoms with Crippen LogP contribution in [0.5, 0.6) is 23.0 Å². The Morgan fingerprint density at radius 2 is 1.77 bits per heavy atom. The fraction of sp³-hybridized carbons (Fsp3) is 0.316. The van der Waals surface area contributed by atoms with Crippen molar-refractivity contribution in [3.8, 4) is 23.0 Å². The molecule has 0 saturated carbocycles. The number of hydrogen-bond donors (Lipinski definition) is 1. The smallest absolute Gasteiger partial charge is 0.230 e. The van der Waals surface area contributed by atoms with Gasteiger partial charge in [0.25, 0.3) is 0 Å². The summed E-state index contributed by atoms with van der Waals surface area (Å²) >= 11 is 1.46. The summed E-state index contributed by atoms with van der Waals surface area (Å²) in [5.74, 6) is 3.21. The van der Waals surface area contributed by atoms with Crippen LogP contribution in [0.1, 0.15) is 0 Å². The first-order chi connectivity index (χ1) is 12.8. The Morgan fingerprint density at radius 1 is 1.00 bits per heavy atom. The lowest BCUT2D eigenvalue weighted by Crippen LogP contribution is -2.41. The van der Waals surface area contributed by atoms with Crippen LogP contribution in [0.3, 0.4) is 0 Å². The molecule has 4 rings (SSSR count). The quantitative estimate of drug-likeness (QED) is 0.813. The van der Waals surface area contributed by atoms with Gasteiger partial charge in [0, 0.05) is 4.90 Å². The van der Waals surface area contributed by atoms with Crippen molar-refractivity contribution in [2.24, 2.45) is 0 Å². The lowest BCUT2D eigenvalue weighted by molar-refractivity contribution is -0.119. The highest BCUT2D eigenvalue weighted by Gasteiger charge is 2.21. The number of hydrogen-bond acceptors (Lipinski definition) is 6. The minimum absolute atomic E-state index is 0.0488. The van der Waals surface area contributed by atoms with E-state index in [-0.39, 0.29) is 12.0 Å². The van der Waals surface area contributed by atoms with Gasteiger partial charge in [-0.1, -0.05) is 12.1 Å². The molecule has 1 N–H and O–H groups in total. The molecular weight excluding hydrogens is 354 g/mol. The first-order valence-corrected chi connectivity index (χ1v) is 9.44. The summed E-state index contributed by atoms with van der Waals surface area (Å²) in [6, 6.07) is 13.2. The van der Waals surface area contributed by atoms with Gasteiger partial charge in [0.15, 0.2) is 23.0 Å². The van der Waals surface area contributed by atoms with Crippen LogP contribution >= 0.6 is 11.8 Å². The second kappa shape index (κ2) is 7.78. The SMILES string of the molecule is O=C(CSc1ccc2c(c1)OCCO2)NCC1COc2ccccc2O1. The van der Waals surface area contributed by atoms with Gasteiger partial charge in [-0.3, -0.25) is 4.79 Å². The Balaban J connectivity index is 1.24. The van der Waals surface area contributed by atoms with E-state index in [2.05, 4.69) is 5.32 Å². The third-order valence-electron chi connectivity index (χ3n) is 3.98. The largest absolute Gasteiger partial charge is 0.486 e. The molecule has 1 unspecified atom stereocenters. The zero-order chi connectivity index (χ0) is 17.8. The lowest BCUT2D eigenvalue weighted by atomic mass is 10.2. The predicted octanol–water partition coefficient (Wildman–Crippen LogP) is 2.51. The molecule has 2 aromatic carbocycles. The van der Waals surface area contributed by atoms with E-state index in [1.54, 1.807) is 0 Å². The van der Waals surface area contributed by atoms with Crippen molar-refractivity contribution in [3.05, 3.63) is 42.5 Å². The van der Waals surface area contributed by atoms with E-state index in [0.717, 1.165) is 22.1 Å². The monoisotopic (exact) mass is 373 g/mol. The Morgan fingerprint density at radius 3 is 2.65 bits per heavy atom. The lowest BCUT2D eigenvalue weighted by Gasteiger charge is -2.26. The average Bonchev–Trinajstić information content (AvgIpc) is 2.70. The summed E-state index contributed by atoms with van der Waals surface area (Å²) in [4.78, 5) is 13.1. The predicted molar refractivity (Wildman–Crippen MR) is 97.5 cm³/mol. The summed E-state index contributed by atoms with van der Waals surface area (Å²) in [6.07, 6.45) is -0.187. The highest BCUT2D eigenvalue weighted by atomic mass is 32.2. The van der Waals surface area contributed by atoms with Crippen molar-refractivity contribution in [2.45, 2.75) is 11.0 Å². The number of amides is 1. The number of benzene rings is 2. The van der Waals surface area contributed by atoms with E-state index in [1.165, 1.54) is 11.8 Å². The van der Waals surface area contributed by atoms with Gasteiger partial charge in [-0.05, 0) is 30.3 Å². The molecule has 0 fully saturated rings. The molecule has 1 amide bonds. The molecule has 2 aliphatic heterocycles. The molecule has 0 aromatic heterocycles. The third kappa shape index (κ3) is 3.99. The summed E-state index contributed by atoms with van der Waals surface area (Å²) in [5.41, 5.74) is 0. The number of carbonyl (C=O) groups is 1. The molecule has 136 valence electrons. The summed E-state index contributed by atoms with van der Waals surface area (Å²) in [5, 5.41) is 2.90. The molecule has 7 heteroatoms. The Hall–Kier alpha value is -2.54. The van der Waals surface area contributed by atoms with E-state index in [9.17, 15) is 4.79 Å². The van der Waals surface area contributed by atoms with Gasteiger partial charge in [0.1, 0.15) is 25.9 Å². The maximum Gasteiger partial charge on any atom is 0.230 e. The molecular formula is C19H19NO5S. The zero-order valence-corrected chi connectivity index (χ0v) is 14.9. The van der Waals surface area contributed by atoms with Crippen LogP contribution in [0.4, 0.5) is 0 Å². The van der Waals surface area contributed by atoms with Crippen molar-refractivity contribution in [1.29, 1.82) is 0 Å². The minimum Gasteiger partial charge on any atom is -0.486 e. The summed E-state index contributed by atoms with van der Waals surface area (Å²) in [6.45, 7) is 1.95. The van der Waals surface area contributed by atoms with Crippen LogP contribution in [0.25, 0.3) is 0 Å². The van der Waals surface area contributed by atoms with E-state index >= 15 is 0 Å². The standard InChI is InChI=1S/C19H19NO5S/c21-19(12-26-14-5-6-16-18(9-14)23-8-7-22-16)20-10-13-11-24-15-3-1-2-4-17(15)25-13/h1-6,9,13H,7-8,10-12H2,(H,20,21). The molecule has 0 radical (unpaired) electrons. The molecule has 2 heterocycles. The normalized spacial score (nSPS) is 17.5.